The Morgan fingerprint density at radius 1 is 1.11 bits per heavy atom. The van der Waals surface area contributed by atoms with Gasteiger partial charge in [0, 0.05) is 37.3 Å². The quantitative estimate of drug-likeness (QED) is 0.526. The SMILES string of the molecule is O=C(CN1CCOCC1)Nc1cccc(C(=O)N2CCCC2c2n[nH]c(Cc3ccc(F)cc3)n2)c1. The Kier molecular flexibility index (Phi) is 7.33. The number of halogens is 1. The summed E-state index contributed by atoms with van der Waals surface area (Å²) in [6.07, 6.45) is 2.13. The molecule has 0 spiro atoms. The Bertz CT molecular complexity index is 1210. The van der Waals surface area contributed by atoms with Crippen molar-refractivity contribution in [2.45, 2.75) is 25.3 Å². The van der Waals surface area contributed by atoms with Crippen LogP contribution < -0.4 is 5.32 Å². The van der Waals surface area contributed by atoms with Gasteiger partial charge in [0.2, 0.25) is 5.91 Å². The van der Waals surface area contributed by atoms with Crippen LogP contribution in [0.25, 0.3) is 0 Å². The van der Waals surface area contributed by atoms with E-state index in [2.05, 4.69) is 20.5 Å². The van der Waals surface area contributed by atoms with Crippen molar-refractivity contribution in [2.24, 2.45) is 0 Å². The van der Waals surface area contributed by atoms with Crippen LogP contribution in [-0.2, 0) is 16.0 Å². The predicted molar refractivity (Wildman–Crippen MR) is 131 cm³/mol. The maximum atomic E-state index is 13.4. The van der Waals surface area contributed by atoms with Gasteiger partial charge in [0.05, 0.1) is 25.8 Å². The number of nitrogens with zero attached hydrogens (tertiary/aromatic N) is 4. The molecule has 3 heterocycles. The van der Waals surface area contributed by atoms with E-state index in [4.69, 9.17) is 4.74 Å². The second-order valence-electron chi connectivity index (χ2n) is 9.12. The molecular weight excluding hydrogens is 463 g/mol. The summed E-state index contributed by atoms with van der Waals surface area (Å²) >= 11 is 0. The smallest absolute Gasteiger partial charge is 0.254 e. The molecule has 1 atom stereocenters. The van der Waals surface area contributed by atoms with Gasteiger partial charge in [-0.3, -0.25) is 19.6 Å². The number of amides is 2. The number of likely N-dealkylation sites (tertiary alicyclic amines) is 1. The summed E-state index contributed by atoms with van der Waals surface area (Å²) in [6, 6.07) is 13.1. The Morgan fingerprint density at radius 3 is 2.72 bits per heavy atom. The Morgan fingerprint density at radius 2 is 1.92 bits per heavy atom. The van der Waals surface area contributed by atoms with Gasteiger partial charge in [-0.1, -0.05) is 18.2 Å². The minimum absolute atomic E-state index is 0.116. The minimum Gasteiger partial charge on any atom is -0.379 e. The molecule has 1 unspecified atom stereocenters. The van der Waals surface area contributed by atoms with E-state index in [1.807, 2.05) is 4.90 Å². The number of rotatable bonds is 7. The van der Waals surface area contributed by atoms with E-state index in [0.717, 1.165) is 31.5 Å². The molecule has 2 amide bonds. The molecule has 2 aromatic carbocycles. The van der Waals surface area contributed by atoms with Crippen molar-refractivity contribution in [3.63, 3.8) is 0 Å². The van der Waals surface area contributed by atoms with Gasteiger partial charge in [-0.2, -0.15) is 5.10 Å². The van der Waals surface area contributed by atoms with Crippen molar-refractivity contribution in [3.8, 4) is 0 Å². The minimum atomic E-state index is -0.280. The topological polar surface area (TPSA) is 103 Å². The van der Waals surface area contributed by atoms with E-state index in [0.29, 0.717) is 55.6 Å². The summed E-state index contributed by atoms with van der Waals surface area (Å²) in [4.78, 5) is 34.3. The van der Waals surface area contributed by atoms with E-state index >= 15 is 0 Å². The zero-order chi connectivity index (χ0) is 24.9. The zero-order valence-corrected chi connectivity index (χ0v) is 20.0. The van der Waals surface area contributed by atoms with Crippen LogP contribution in [0.5, 0.6) is 0 Å². The highest BCUT2D eigenvalue weighted by molar-refractivity contribution is 5.97. The molecule has 9 nitrogen and oxygen atoms in total. The number of carbonyl (C=O) groups excluding carboxylic acids is 2. The third-order valence-corrected chi connectivity index (χ3v) is 6.51. The van der Waals surface area contributed by atoms with Crippen molar-refractivity contribution >= 4 is 17.5 Å². The molecule has 5 rings (SSSR count). The molecule has 2 fully saturated rings. The average molecular weight is 493 g/mol. The maximum absolute atomic E-state index is 13.4. The van der Waals surface area contributed by atoms with Crippen LogP contribution in [0.4, 0.5) is 10.1 Å². The second-order valence-corrected chi connectivity index (χ2v) is 9.12. The van der Waals surface area contributed by atoms with E-state index in [9.17, 15) is 14.0 Å². The summed E-state index contributed by atoms with van der Waals surface area (Å²) in [5.41, 5.74) is 2.02. The van der Waals surface area contributed by atoms with Crippen molar-refractivity contribution < 1.29 is 18.7 Å². The van der Waals surface area contributed by atoms with Gasteiger partial charge >= 0.3 is 0 Å². The molecular formula is C26H29FN6O3. The third-order valence-electron chi connectivity index (χ3n) is 6.51. The van der Waals surface area contributed by atoms with Gasteiger partial charge in [-0.15, -0.1) is 0 Å². The number of aromatic nitrogens is 3. The van der Waals surface area contributed by atoms with Gasteiger partial charge in [0.25, 0.3) is 5.91 Å². The largest absolute Gasteiger partial charge is 0.379 e. The molecule has 1 aromatic heterocycles. The number of benzene rings is 2. The molecule has 0 bridgehead atoms. The van der Waals surface area contributed by atoms with Gasteiger partial charge in [0.15, 0.2) is 5.82 Å². The lowest BCUT2D eigenvalue weighted by Gasteiger charge is -2.26. The van der Waals surface area contributed by atoms with E-state index in [1.165, 1.54) is 12.1 Å². The first kappa shape index (κ1) is 24.1. The number of carbonyl (C=O) groups is 2. The number of morpholine rings is 1. The molecule has 2 N–H and O–H groups in total. The average Bonchev–Trinajstić information content (AvgIpc) is 3.55. The molecule has 2 aliphatic heterocycles. The number of nitrogens with one attached hydrogen (secondary N) is 2. The van der Waals surface area contributed by atoms with E-state index in [1.54, 1.807) is 41.3 Å². The number of anilines is 1. The molecule has 10 heteroatoms. The van der Waals surface area contributed by atoms with Crippen molar-refractivity contribution in [1.82, 2.24) is 25.0 Å². The molecule has 0 saturated carbocycles. The van der Waals surface area contributed by atoms with Crippen LogP contribution in [0.15, 0.2) is 48.5 Å². The summed E-state index contributed by atoms with van der Waals surface area (Å²) in [5, 5.41) is 10.2. The summed E-state index contributed by atoms with van der Waals surface area (Å²) < 4.78 is 18.5. The fourth-order valence-corrected chi connectivity index (χ4v) is 4.67. The predicted octanol–water partition coefficient (Wildman–Crippen LogP) is 2.78. The van der Waals surface area contributed by atoms with Crippen LogP contribution in [0, 0.1) is 5.82 Å². The van der Waals surface area contributed by atoms with Crippen molar-refractivity contribution in [1.29, 1.82) is 0 Å². The van der Waals surface area contributed by atoms with Crippen LogP contribution in [-0.4, -0.2) is 76.2 Å². The highest BCUT2D eigenvalue weighted by Crippen LogP contribution is 2.31. The number of hydrogen-bond donors (Lipinski definition) is 2. The standard InChI is InChI=1S/C26H29FN6O3/c27-20-8-6-18(7-9-20)15-23-29-25(31-30-23)22-5-2-10-33(22)26(35)19-3-1-4-21(16-19)28-24(34)17-32-11-13-36-14-12-32/h1,3-4,6-9,16,22H,2,5,10-15,17H2,(H,28,34)(H,29,30,31). The molecule has 188 valence electrons. The Balaban J connectivity index is 1.23. The highest BCUT2D eigenvalue weighted by atomic mass is 19.1. The molecule has 2 saturated heterocycles. The van der Waals surface area contributed by atoms with Crippen LogP contribution in [0.2, 0.25) is 0 Å². The first-order chi connectivity index (χ1) is 17.5. The summed E-state index contributed by atoms with van der Waals surface area (Å²) in [7, 11) is 0. The summed E-state index contributed by atoms with van der Waals surface area (Å²) in [6.45, 7) is 3.63. The van der Waals surface area contributed by atoms with Crippen molar-refractivity contribution in [2.75, 3.05) is 44.7 Å². The van der Waals surface area contributed by atoms with Crippen LogP contribution in [0.3, 0.4) is 0 Å². The fraction of sp³-hybridized carbons (Fsp3) is 0.385. The lowest BCUT2D eigenvalue weighted by Crippen LogP contribution is -2.41. The number of ether oxygens (including phenoxy) is 1. The number of aromatic amines is 1. The number of hydrogen-bond acceptors (Lipinski definition) is 6. The molecule has 0 radical (unpaired) electrons. The normalized spacial score (nSPS) is 18.4. The van der Waals surface area contributed by atoms with E-state index in [-0.39, 0.29) is 23.7 Å². The first-order valence-electron chi connectivity index (χ1n) is 12.2. The fourth-order valence-electron chi connectivity index (χ4n) is 4.67. The van der Waals surface area contributed by atoms with Crippen LogP contribution >= 0.6 is 0 Å². The van der Waals surface area contributed by atoms with Gasteiger partial charge in [0.1, 0.15) is 11.6 Å². The maximum Gasteiger partial charge on any atom is 0.254 e. The summed E-state index contributed by atoms with van der Waals surface area (Å²) in [5.74, 6) is 0.730. The Hall–Kier alpha value is -3.63. The molecule has 3 aromatic rings. The zero-order valence-electron chi connectivity index (χ0n) is 20.0. The molecule has 0 aliphatic carbocycles. The van der Waals surface area contributed by atoms with Crippen molar-refractivity contribution in [3.05, 3.63) is 77.1 Å². The molecule has 36 heavy (non-hydrogen) atoms. The lowest BCUT2D eigenvalue weighted by atomic mass is 10.1. The lowest BCUT2D eigenvalue weighted by molar-refractivity contribution is -0.118. The monoisotopic (exact) mass is 492 g/mol. The van der Waals surface area contributed by atoms with Gasteiger partial charge in [-0.25, -0.2) is 9.37 Å². The van der Waals surface area contributed by atoms with E-state index < -0.39 is 0 Å². The number of H-pyrrole nitrogens is 1. The van der Waals surface area contributed by atoms with Gasteiger partial charge < -0.3 is 15.0 Å². The van der Waals surface area contributed by atoms with Crippen LogP contribution in [0.1, 0.15) is 46.5 Å². The third kappa shape index (κ3) is 5.77. The first-order valence-corrected chi connectivity index (χ1v) is 12.2. The second kappa shape index (κ2) is 11.0. The Labute approximate surface area is 208 Å². The highest BCUT2D eigenvalue weighted by Gasteiger charge is 2.33. The van der Waals surface area contributed by atoms with Gasteiger partial charge in [-0.05, 0) is 48.7 Å². The molecule has 2 aliphatic rings.